The van der Waals surface area contributed by atoms with Gasteiger partial charge in [0.2, 0.25) is 11.8 Å². The second kappa shape index (κ2) is 9.56. The number of benzene rings is 3. The third-order valence-electron chi connectivity index (χ3n) is 5.84. The lowest BCUT2D eigenvalue weighted by Crippen LogP contribution is -2.32. The molecule has 2 atom stereocenters. The van der Waals surface area contributed by atoms with Crippen LogP contribution in [0, 0.1) is 5.41 Å². The minimum atomic E-state index is -0.661. The summed E-state index contributed by atoms with van der Waals surface area (Å²) in [6.45, 7) is 0. The average Bonchev–Trinajstić information content (AvgIpc) is 3.41. The number of hydrogen-bond donors (Lipinski definition) is 1. The van der Waals surface area contributed by atoms with Crippen molar-refractivity contribution in [2.45, 2.75) is 24.1 Å². The van der Waals surface area contributed by atoms with E-state index in [1.165, 1.54) is 4.90 Å². The second-order valence-electron chi connectivity index (χ2n) is 8.05. The molecule has 170 valence electrons. The first-order valence-corrected chi connectivity index (χ1v) is 12.5. The predicted octanol–water partition coefficient (Wildman–Crippen LogP) is 5.60. The molecule has 0 aliphatic carbocycles. The molecule has 2 amide bonds. The van der Waals surface area contributed by atoms with Crippen LogP contribution in [0.2, 0.25) is 0 Å². The summed E-state index contributed by atoms with van der Waals surface area (Å²) in [7, 11) is 0. The summed E-state index contributed by atoms with van der Waals surface area (Å²) < 4.78 is 0.792. The SMILES string of the molecule is N=C(S[C@H]1CC(=O)N(c2cccc(Br)c2)C1=O)N1N=C(c2ccccc2)C[C@H]1c1ccccc1. The number of hydrazone groups is 1. The molecule has 5 rings (SSSR count). The lowest BCUT2D eigenvalue weighted by Gasteiger charge is -2.24. The lowest BCUT2D eigenvalue weighted by molar-refractivity contribution is -0.121. The van der Waals surface area contributed by atoms with Gasteiger partial charge in [-0.25, -0.2) is 9.91 Å². The van der Waals surface area contributed by atoms with Gasteiger partial charge in [0, 0.05) is 17.3 Å². The van der Waals surface area contributed by atoms with E-state index in [2.05, 4.69) is 15.9 Å². The van der Waals surface area contributed by atoms with Gasteiger partial charge < -0.3 is 0 Å². The Labute approximate surface area is 210 Å². The first kappa shape index (κ1) is 22.6. The molecule has 6 nitrogen and oxygen atoms in total. The number of nitrogens with zero attached hydrogens (tertiary/aromatic N) is 3. The van der Waals surface area contributed by atoms with Crippen LogP contribution in [0.15, 0.2) is 94.5 Å². The summed E-state index contributed by atoms with van der Waals surface area (Å²) in [6.07, 6.45) is 0.705. The summed E-state index contributed by atoms with van der Waals surface area (Å²) in [5, 5.41) is 14.8. The highest BCUT2D eigenvalue weighted by atomic mass is 79.9. The highest BCUT2D eigenvalue weighted by Gasteiger charge is 2.42. The van der Waals surface area contributed by atoms with Crippen molar-refractivity contribution in [1.29, 1.82) is 5.41 Å². The van der Waals surface area contributed by atoms with Crippen LogP contribution in [0.5, 0.6) is 0 Å². The maximum atomic E-state index is 13.1. The van der Waals surface area contributed by atoms with E-state index in [9.17, 15) is 9.59 Å². The Bertz CT molecular complexity index is 1280. The Morgan fingerprint density at radius 1 is 0.941 bits per heavy atom. The van der Waals surface area contributed by atoms with Crippen LogP contribution in [-0.2, 0) is 9.59 Å². The van der Waals surface area contributed by atoms with Gasteiger partial charge in [-0.3, -0.25) is 15.0 Å². The van der Waals surface area contributed by atoms with Gasteiger partial charge in [-0.15, -0.1) is 0 Å². The highest BCUT2D eigenvalue weighted by Crippen LogP contribution is 2.38. The summed E-state index contributed by atoms with van der Waals surface area (Å²) in [5.41, 5.74) is 3.49. The van der Waals surface area contributed by atoms with Gasteiger partial charge in [0.05, 0.1) is 17.4 Å². The maximum absolute atomic E-state index is 13.1. The number of carbonyl (C=O) groups is 2. The van der Waals surface area contributed by atoms with Crippen molar-refractivity contribution in [2.75, 3.05) is 4.90 Å². The van der Waals surface area contributed by atoms with Crippen molar-refractivity contribution < 1.29 is 9.59 Å². The molecule has 3 aromatic rings. The summed E-state index contributed by atoms with van der Waals surface area (Å²) >= 11 is 4.49. The van der Waals surface area contributed by atoms with Crippen molar-refractivity contribution in [3.63, 3.8) is 0 Å². The number of amides is 2. The van der Waals surface area contributed by atoms with Crippen LogP contribution in [0.3, 0.4) is 0 Å². The summed E-state index contributed by atoms with van der Waals surface area (Å²) in [6, 6.07) is 26.8. The van der Waals surface area contributed by atoms with E-state index in [0.717, 1.165) is 33.1 Å². The summed E-state index contributed by atoms with van der Waals surface area (Å²) in [5.74, 6) is -0.566. The molecule has 0 saturated carbocycles. The quantitative estimate of drug-likeness (QED) is 0.269. The molecule has 8 heteroatoms. The van der Waals surface area contributed by atoms with E-state index in [1.807, 2.05) is 66.7 Å². The van der Waals surface area contributed by atoms with Crippen molar-refractivity contribution in [3.8, 4) is 0 Å². The Balaban J connectivity index is 1.39. The zero-order chi connectivity index (χ0) is 23.7. The fourth-order valence-corrected chi connectivity index (χ4v) is 5.57. The van der Waals surface area contributed by atoms with E-state index in [4.69, 9.17) is 10.5 Å². The van der Waals surface area contributed by atoms with Crippen molar-refractivity contribution in [1.82, 2.24) is 5.01 Å². The molecule has 1 fully saturated rings. The van der Waals surface area contributed by atoms with Gasteiger partial charge in [-0.1, -0.05) is 94.4 Å². The number of halogens is 1. The number of amidine groups is 1. The van der Waals surface area contributed by atoms with E-state index in [1.54, 1.807) is 23.2 Å². The van der Waals surface area contributed by atoms with Gasteiger partial charge in [-0.2, -0.15) is 5.10 Å². The molecule has 0 radical (unpaired) electrons. The minimum absolute atomic E-state index is 0.0531. The Kier molecular flexibility index (Phi) is 6.34. The first-order valence-electron chi connectivity index (χ1n) is 10.9. The van der Waals surface area contributed by atoms with Crippen LogP contribution in [-0.4, -0.2) is 33.0 Å². The van der Waals surface area contributed by atoms with Gasteiger partial charge in [0.15, 0.2) is 5.17 Å². The van der Waals surface area contributed by atoms with E-state index in [0.29, 0.717) is 12.1 Å². The third kappa shape index (κ3) is 4.43. The molecule has 2 aliphatic heterocycles. The molecule has 2 heterocycles. The smallest absolute Gasteiger partial charge is 0.247 e. The second-order valence-corrected chi connectivity index (χ2v) is 10.2. The molecule has 1 saturated heterocycles. The van der Waals surface area contributed by atoms with Crippen molar-refractivity contribution in [2.24, 2.45) is 5.10 Å². The van der Waals surface area contributed by atoms with Gasteiger partial charge in [0.1, 0.15) is 5.25 Å². The van der Waals surface area contributed by atoms with Gasteiger partial charge in [-0.05, 0) is 29.3 Å². The number of anilines is 1. The molecule has 0 bridgehead atoms. The molecule has 0 unspecified atom stereocenters. The zero-order valence-electron chi connectivity index (χ0n) is 18.1. The molecule has 34 heavy (non-hydrogen) atoms. The fourth-order valence-electron chi connectivity index (χ4n) is 4.21. The largest absolute Gasteiger partial charge is 0.277 e. The zero-order valence-corrected chi connectivity index (χ0v) is 20.5. The molecular formula is C26H21BrN4O2S. The number of hydrogen-bond acceptors (Lipinski definition) is 5. The third-order valence-corrected chi connectivity index (χ3v) is 7.39. The van der Waals surface area contributed by atoms with Crippen LogP contribution in [0.1, 0.15) is 30.0 Å². The van der Waals surface area contributed by atoms with Crippen LogP contribution < -0.4 is 4.90 Å². The van der Waals surface area contributed by atoms with E-state index >= 15 is 0 Å². The van der Waals surface area contributed by atoms with Gasteiger partial charge >= 0.3 is 0 Å². The van der Waals surface area contributed by atoms with Crippen molar-refractivity contribution in [3.05, 3.63) is 101 Å². The fraction of sp³-hybridized carbons (Fsp3) is 0.154. The minimum Gasteiger partial charge on any atom is -0.277 e. The Hall–Kier alpha value is -3.23. The molecule has 0 aromatic heterocycles. The monoisotopic (exact) mass is 532 g/mol. The van der Waals surface area contributed by atoms with Gasteiger partial charge in [0.25, 0.3) is 0 Å². The Morgan fingerprint density at radius 2 is 1.65 bits per heavy atom. The summed E-state index contributed by atoms with van der Waals surface area (Å²) in [4.78, 5) is 27.0. The highest BCUT2D eigenvalue weighted by molar-refractivity contribution is 9.10. The number of nitrogens with one attached hydrogen (secondary N) is 1. The van der Waals surface area contributed by atoms with E-state index < -0.39 is 5.25 Å². The average molecular weight is 533 g/mol. The normalized spacial score (nSPS) is 20.1. The molecular weight excluding hydrogens is 512 g/mol. The van der Waals surface area contributed by atoms with Crippen LogP contribution in [0.25, 0.3) is 0 Å². The first-order chi connectivity index (χ1) is 16.5. The van der Waals surface area contributed by atoms with Crippen LogP contribution >= 0.6 is 27.7 Å². The molecule has 0 spiro atoms. The topological polar surface area (TPSA) is 76.8 Å². The number of rotatable bonds is 4. The lowest BCUT2D eigenvalue weighted by atomic mass is 9.99. The van der Waals surface area contributed by atoms with Crippen molar-refractivity contribution >= 4 is 56.1 Å². The predicted molar refractivity (Wildman–Crippen MR) is 139 cm³/mol. The molecule has 1 N–H and O–H groups in total. The number of imide groups is 1. The molecule has 2 aliphatic rings. The van der Waals surface area contributed by atoms with E-state index in [-0.39, 0.29) is 29.4 Å². The van der Waals surface area contributed by atoms with Crippen LogP contribution in [0.4, 0.5) is 5.69 Å². The number of carbonyl (C=O) groups excluding carboxylic acids is 2. The maximum Gasteiger partial charge on any atom is 0.247 e. The standard InChI is InChI=1S/C26H21BrN4O2S/c27-19-12-7-13-20(14-19)30-24(32)16-23(25(30)33)34-26(28)31-22(18-10-5-2-6-11-18)15-21(29-31)17-8-3-1-4-9-17/h1-14,22-23,28H,15-16H2/t22-,23-/m0/s1. The number of thioether (sulfide) groups is 1. The Morgan fingerprint density at radius 3 is 2.35 bits per heavy atom. The molecule has 3 aromatic carbocycles.